The van der Waals surface area contributed by atoms with E-state index in [-0.39, 0.29) is 16.2 Å². The zero-order valence-electron chi connectivity index (χ0n) is 23.9. The summed E-state index contributed by atoms with van der Waals surface area (Å²) in [5.41, 5.74) is 2.80. The highest BCUT2D eigenvalue weighted by atomic mass is 32.2. The van der Waals surface area contributed by atoms with Crippen LogP contribution in [0.25, 0.3) is 0 Å². The van der Waals surface area contributed by atoms with Crippen LogP contribution in [0.4, 0.5) is 0 Å². The minimum Gasteiger partial charge on any atom is -0.269 e. The van der Waals surface area contributed by atoms with Crippen molar-refractivity contribution in [2.24, 2.45) is 56.7 Å². The lowest BCUT2D eigenvalue weighted by Crippen LogP contribution is -2.62. The predicted molar refractivity (Wildman–Crippen MR) is 144 cm³/mol. The van der Waals surface area contributed by atoms with E-state index < -0.39 is 10.1 Å². The Kier molecular flexibility index (Phi) is 6.06. The van der Waals surface area contributed by atoms with Gasteiger partial charge in [-0.15, -0.1) is 0 Å². The Morgan fingerprint density at radius 2 is 1.60 bits per heavy atom. The number of rotatable bonds is 4. The molecule has 5 aliphatic carbocycles. The van der Waals surface area contributed by atoms with Crippen LogP contribution in [0, 0.1) is 56.7 Å². The smallest absolute Gasteiger partial charge is 0.264 e. The van der Waals surface area contributed by atoms with Crippen molar-refractivity contribution in [1.29, 1.82) is 0 Å². The van der Waals surface area contributed by atoms with Crippen molar-refractivity contribution in [3.05, 3.63) is 11.6 Å². The lowest BCUT2D eigenvalue weighted by molar-refractivity contribution is -0.160. The van der Waals surface area contributed by atoms with Gasteiger partial charge in [-0.25, -0.2) is 0 Å². The molecule has 0 aromatic rings. The summed E-state index contributed by atoms with van der Waals surface area (Å²) in [6.07, 6.45) is 16.5. The van der Waals surface area contributed by atoms with E-state index in [1.807, 2.05) is 0 Å². The molecule has 5 aliphatic rings. The maximum absolute atomic E-state index is 12.2. The molecule has 3 nitrogen and oxygen atoms in total. The zero-order chi connectivity index (χ0) is 25.7. The highest BCUT2D eigenvalue weighted by molar-refractivity contribution is 7.85. The molecule has 0 unspecified atom stereocenters. The molecular formula is C31H52O3S. The maximum atomic E-state index is 12.2. The third kappa shape index (κ3) is 3.61. The highest BCUT2D eigenvalue weighted by Crippen LogP contribution is 2.76. The lowest BCUT2D eigenvalue weighted by Gasteiger charge is -2.69. The SMILES string of the molecule is CC(C)[C@H]1CC[C@@H]2[C@]1(C)CC[C@]1(C)[C@H]3CC[C@H]4C(C)(C)CCC[C@]4(COS(C)(=O)=O)C3=CC[C@@]21C. The van der Waals surface area contributed by atoms with Crippen LogP contribution >= 0.6 is 0 Å². The van der Waals surface area contributed by atoms with E-state index in [0.29, 0.717) is 29.3 Å². The van der Waals surface area contributed by atoms with Crippen LogP contribution in [0.1, 0.15) is 113 Å². The summed E-state index contributed by atoms with van der Waals surface area (Å²) in [6, 6.07) is 0. The molecule has 4 heteroatoms. The normalized spacial score (nSPS) is 49.0. The van der Waals surface area contributed by atoms with Crippen molar-refractivity contribution in [2.45, 2.75) is 113 Å². The third-order valence-corrected chi connectivity index (χ3v) is 13.8. The van der Waals surface area contributed by atoms with Gasteiger partial charge in [0.25, 0.3) is 10.1 Å². The second kappa shape index (κ2) is 8.08. The van der Waals surface area contributed by atoms with Crippen LogP contribution in [0.2, 0.25) is 0 Å². The fourth-order valence-electron chi connectivity index (χ4n) is 11.5. The standard InChI is InChI=1S/C31H52O3S/c1-21(2)22-10-13-26-28(22,5)18-19-29(6)23-11-12-25-27(3,4)15-9-16-31(25,20-34-35(8,32)33)24(23)14-17-30(26,29)7/h14,21-23,25-26H,9-13,15-20H2,1-8H3/t22-,23+,25+,26-,28-,29-,30+,31+/m1/s1. The largest absolute Gasteiger partial charge is 0.269 e. The summed E-state index contributed by atoms with van der Waals surface area (Å²) in [5, 5.41) is 0. The first-order chi connectivity index (χ1) is 16.1. The monoisotopic (exact) mass is 504 g/mol. The highest BCUT2D eigenvalue weighted by Gasteiger charge is 2.68. The quantitative estimate of drug-likeness (QED) is 0.288. The molecule has 0 aliphatic heterocycles. The molecule has 0 aromatic heterocycles. The van der Waals surface area contributed by atoms with Crippen LogP contribution in [-0.4, -0.2) is 21.3 Å². The van der Waals surface area contributed by atoms with E-state index in [4.69, 9.17) is 4.18 Å². The molecule has 0 N–H and O–H groups in total. The van der Waals surface area contributed by atoms with E-state index in [2.05, 4.69) is 54.5 Å². The van der Waals surface area contributed by atoms with Crippen molar-refractivity contribution in [1.82, 2.24) is 0 Å². The number of allylic oxidation sites excluding steroid dienone is 1. The first kappa shape index (κ1) is 26.3. The number of hydrogen-bond acceptors (Lipinski definition) is 3. The Bertz CT molecular complexity index is 995. The number of hydrogen-bond donors (Lipinski definition) is 0. The Morgan fingerprint density at radius 1 is 0.914 bits per heavy atom. The fraction of sp³-hybridized carbons (Fsp3) is 0.935. The second-order valence-electron chi connectivity index (χ2n) is 15.3. The van der Waals surface area contributed by atoms with Crippen LogP contribution in [0.3, 0.4) is 0 Å². The molecule has 8 atom stereocenters. The van der Waals surface area contributed by atoms with E-state index >= 15 is 0 Å². The Balaban J connectivity index is 1.59. The molecule has 4 saturated carbocycles. The van der Waals surface area contributed by atoms with Gasteiger partial charge < -0.3 is 0 Å². The molecule has 4 fully saturated rings. The summed E-state index contributed by atoms with van der Waals surface area (Å²) in [5.74, 6) is 3.49. The van der Waals surface area contributed by atoms with E-state index in [0.717, 1.165) is 30.6 Å². The van der Waals surface area contributed by atoms with Gasteiger partial charge in [0.2, 0.25) is 0 Å². The summed E-state index contributed by atoms with van der Waals surface area (Å²) >= 11 is 0. The van der Waals surface area contributed by atoms with Crippen LogP contribution in [0.15, 0.2) is 11.6 Å². The summed E-state index contributed by atoms with van der Waals surface area (Å²) in [6.45, 7) is 18.0. The molecule has 5 rings (SSSR count). The predicted octanol–water partition coefficient (Wildman–Crippen LogP) is 8.01. The van der Waals surface area contributed by atoms with E-state index in [9.17, 15) is 8.42 Å². The molecule has 0 spiro atoms. The summed E-state index contributed by atoms with van der Waals surface area (Å²) in [4.78, 5) is 0. The van der Waals surface area contributed by atoms with Crippen LogP contribution in [-0.2, 0) is 14.3 Å². The maximum Gasteiger partial charge on any atom is 0.264 e. The van der Waals surface area contributed by atoms with Crippen LogP contribution in [0.5, 0.6) is 0 Å². The lowest BCUT2D eigenvalue weighted by atomic mass is 9.35. The van der Waals surface area contributed by atoms with Gasteiger partial charge in [0.1, 0.15) is 0 Å². The Morgan fingerprint density at radius 3 is 2.26 bits per heavy atom. The van der Waals surface area contributed by atoms with Crippen LogP contribution < -0.4 is 0 Å². The topological polar surface area (TPSA) is 43.4 Å². The van der Waals surface area contributed by atoms with Crippen molar-refractivity contribution in [2.75, 3.05) is 12.9 Å². The molecule has 0 bridgehead atoms. The molecule has 35 heavy (non-hydrogen) atoms. The first-order valence-corrected chi connectivity index (χ1v) is 16.5. The zero-order valence-corrected chi connectivity index (χ0v) is 24.7. The van der Waals surface area contributed by atoms with Crippen molar-refractivity contribution < 1.29 is 12.6 Å². The molecule has 0 heterocycles. The van der Waals surface area contributed by atoms with Crippen molar-refractivity contribution >= 4 is 10.1 Å². The first-order valence-electron chi connectivity index (χ1n) is 14.7. The Labute approximate surface area is 216 Å². The molecular weight excluding hydrogens is 452 g/mol. The van der Waals surface area contributed by atoms with Crippen molar-refractivity contribution in [3.63, 3.8) is 0 Å². The van der Waals surface area contributed by atoms with Gasteiger partial charge >= 0.3 is 0 Å². The molecule has 200 valence electrons. The molecule has 0 aromatic carbocycles. The van der Waals surface area contributed by atoms with E-state index in [1.165, 1.54) is 57.6 Å². The van der Waals surface area contributed by atoms with Gasteiger partial charge in [0.05, 0.1) is 12.9 Å². The average molecular weight is 505 g/mol. The minimum absolute atomic E-state index is 0.116. The van der Waals surface area contributed by atoms with Gasteiger partial charge in [-0.2, -0.15) is 8.42 Å². The average Bonchev–Trinajstić information content (AvgIpc) is 3.11. The van der Waals surface area contributed by atoms with Gasteiger partial charge in [-0.1, -0.05) is 66.5 Å². The summed E-state index contributed by atoms with van der Waals surface area (Å²) < 4.78 is 30.1. The van der Waals surface area contributed by atoms with Crippen molar-refractivity contribution in [3.8, 4) is 0 Å². The number of fused-ring (bicyclic) bond motifs is 7. The van der Waals surface area contributed by atoms with E-state index in [1.54, 1.807) is 5.57 Å². The molecule has 0 amide bonds. The van der Waals surface area contributed by atoms with Gasteiger partial charge in [0, 0.05) is 5.41 Å². The van der Waals surface area contributed by atoms with Gasteiger partial charge in [-0.3, -0.25) is 4.18 Å². The third-order valence-electron chi connectivity index (χ3n) is 13.3. The van der Waals surface area contributed by atoms with Gasteiger partial charge in [-0.05, 0) is 109 Å². The molecule has 0 radical (unpaired) electrons. The fourth-order valence-corrected chi connectivity index (χ4v) is 12.0. The van der Waals surface area contributed by atoms with Gasteiger partial charge in [0.15, 0.2) is 0 Å². The Hall–Kier alpha value is -0.350. The second-order valence-corrected chi connectivity index (χ2v) is 17.0. The molecule has 0 saturated heterocycles. The summed E-state index contributed by atoms with van der Waals surface area (Å²) in [7, 11) is -3.47. The minimum atomic E-state index is -3.47.